The van der Waals surface area contributed by atoms with Crippen molar-refractivity contribution >= 4 is 11.5 Å². The number of hydrogen-bond donors (Lipinski definition) is 2. The Bertz CT molecular complexity index is 344. The molecule has 82 valence electrons. The maximum atomic E-state index is 5.76. The van der Waals surface area contributed by atoms with Crippen LogP contribution in [0.2, 0.25) is 0 Å². The Labute approximate surface area is 90.3 Å². The molecule has 1 aliphatic rings. The van der Waals surface area contributed by atoms with E-state index in [1.54, 1.807) is 6.20 Å². The lowest BCUT2D eigenvalue weighted by atomic mass is 9.92. The molecule has 0 unspecified atom stereocenters. The Kier molecular flexibility index (Phi) is 2.50. The summed E-state index contributed by atoms with van der Waals surface area (Å²) >= 11 is 0. The van der Waals surface area contributed by atoms with Gasteiger partial charge in [-0.3, -0.25) is 0 Å². The molecule has 0 radical (unpaired) electrons. The van der Waals surface area contributed by atoms with Crippen molar-refractivity contribution < 1.29 is 0 Å². The van der Waals surface area contributed by atoms with E-state index in [2.05, 4.69) is 29.1 Å². The molecule has 1 saturated carbocycles. The van der Waals surface area contributed by atoms with Gasteiger partial charge in [0, 0.05) is 6.54 Å². The molecular formula is C11H18N4. The van der Waals surface area contributed by atoms with Gasteiger partial charge in [-0.15, -0.1) is 0 Å². The number of rotatable bonds is 4. The fourth-order valence-corrected chi connectivity index (χ4v) is 1.87. The molecule has 4 heteroatoms. The van der Waals surface area contributed by atoms with Crippen LogP contribution in [-0.4, -0.2) is 16.5 Å². The lowest BCUT2D eigenvalue weighted by Crippen LogP contribution is -2.21. The van der Waals surface area contributed by atoms with Crippen molar-refractivity contribution in [3.05, 3.63) is 12.5 Å². The third-order valence-electron chi connectivity index (χ3n) is 3.47. The average molecular weight is 206 g/mol. The topological polar surface area (TPSA) is 63.8 Å². The lowest BCUT2D eigenvalue weighted by Gasteiger charge is -2.20. The fourth-order valence-electron chi connectivity index (χ4n) is 1.87. The van der Waals surface area contributed by atoms with Crippen LogP contribution in [0.3, 0.4) is 0 Å². The Balaban J connectivity index is 1.97. The Morgan fingerprint density at radius 3 is 2.80 bits per heavy atom. The van der Waals surface area contributed by atoms with Crippen LogP contribution in [0.4, 0.5) is 11.5 Å². The maximum absolute atomic E-state index is 5.76. The van der Waals surface area contributed by atoms with Gasteiger partial charge in [-0.05, 0) is 24.2 Å². The zero-order valence-corrected chi connectivity index (χ0v) is 9.33. The third kappa shape index (κ3) is 2.03. The summed E-state index contributed by atoms with van der Waals surface area (Å²) in [7, 11) is 0. The standard InChI is InChI=1S/C11H18N4/c1-8(2)11(3-4-11)6-14-10-9(12)5-13-7-15-10/h5,7-8H,3-4,6,12H2,1-2H3,(H,13,14,15). The van der Waals surface area contributed by atoms with Crippen molar-refractivity contribution in [1.82, 2.24) is 9.97 Å². The minimum Gasteiger partial charge on any atom is -0.394 e. The molecule has 1 aliphatic carbocycles. The Morgan fingerprint density at radius 1 is 1.53 bits per heavy atom. The van der Waals surface area contributed by atoms with Crippen LogP contribution in [0.15, 0.2) is 12.5 Å². The summed E-state index contributed by atoms with van der Waals surface area (Å²) in [6.45, 7) is 5.52. The highest BCUT2D eigenvalue weighted by Crippen LogP contribution is 2.51. The van der Waals surface area contributed by atoms with E-state index in [9.17, 15) is 0 Å². The quantitative estimate of drug-likeness (QED) is 0.789. The van der Waals surface area contributed by atoms with E-state index in [1.165, 1.54) is 19.2 Å². The Hall–Kier alpha value is -1.32. The predicted octanol–water partition coefficient (Wildman–Crippen LogP) is 1.91. The first kappa shape index (κ1) is 10.2. The van der Waals surface area contributed by atoms with E-state index in [1.807, 2.05) is 0 Å². The van der Waals surface area contributed by atoms with Crippen LogP contribution in [0.1, 0.15) is 26.7 Å². The monoisotopic (exact) mass is 206 g/mol. The molecule has 0 bridgehead atoms. The second-order valence-corrected chi connectivity index (χ2v) is 4.70. The highest BCUT2D eigenvalue weighted by atomic mass is 15.0. The molecule has 2 rings (SSSR count). The van der Waals surface area contributed by atoms with Gasteiger partial charge in [-0.2, -0.15) is 0 Å². The molecule has 1 heterocycles. The summed E-state index contributed by atoms with van der Waals surface area (Å²) in [5.41, 5.74) is 6.85. The summed E-state index contributed by atoms with van der Waals surface area (Å²) in [5.74, 6) is 1.48. The maximum Gasteiger partial charge on any atom is 0.152 e. The van der Waals surface area contributed by atoms with Crippen molar-refractivity contribution in [2.45, 2.75) is 26.7 Å². The summed E-state index contributed by atoms with van der Waals surface area (Å²) in [6.07, 6.45) is 5.77. The molecule has 15 heavy (non-hydrogen) atoms. The number of nitrogen functional groups attached to an aromatic ring is 1. The SMILES string of the molecule is CC(C)C1(CNc2ncncc2N)CC1. The smallest absolute Gasteiger partial charge is 0.152 e. The van der Waals surface area contributed by atoms with Crippen molar-refractivity contribution in [3.8, 4) is 0 Å². The fraction of sp³-hybridized carbons (Fsp3) is 0.636. The lowest BCUT2D eigenvalue weighted by molar-refractivity contribution is 0.380. The van der Waals surface area contributed by atoms with E-state index in [-0.39, 0.29) is 0 Å². The van der Waals surface area contributed by atoms with Crippen LogP contribution in [-0.2, 0) is 0 Å². The molecule has 0 saturated heterocycles. The normalized spacial score (nSPS) is 17.8. The molecule has 0 atom stereocenters. The minimum absolute atomic E-state index is 0.470. The van der Waals surface area contributed by atoms with Gasteiger partial charge in [0.05, 0.1) is 11.9 Å². The van der Waals surface area contributed by atoms with Gasteiger partial charge >= 0.3 is 0 Å². The van der Waals surface area contributed by atoms with Gasteiger partial charge in [0.15, 0.2) is 5.82 Å². The number of hydrogen-bond acceptors (Lipinski definition) is 4. The second-order valence-electron chi connectivity index (χ2n) is 4.70. The molecule has 0 amide bonds. The van der Waals surface area contributed by atoms with E-state index in [0.717, 1.165) is 12.4 Å². The van der Waals surface area contributed by atoms with E-state index >= 15 is 0 Å². The zero-order valence-electron chi connectivity index (χ0n) is 9.33. The van der Waals surface area contributed by atoms with Crippen LogP contribution >= 0.6 is 0 Å². The number of nitrogens with two attached hydrogens (primary N) is 1. The van der Waals surface area contributed by atoms with Crippen molar-refractivity contribution in [1.29, 1.82) is 0 Å². The number of nitrogens with one attached hydrogen (secondary N) is 1. The van der Waals surface area contributed by atoms with Gasteiger partial charge in [0.1, 0.15) is 6.33 Å². The van der Waals surface area contributed by atoms with Crippen LogP contribution in [0.25, 0.3) is 0 Å². The van der Waals surface area contributed by atoms with Gasteiger partial charge in [-0.25, -0.2) is 9.97 Å². The molecule has 1 aromatic heterocycles. The van der Waals surface area contributed by atoms with E-state index in [0.29, 0.717) is 17.0 Å². The third-order valence-corrected chi connectivity index (χ3v) is 3.47. The number of aromatic nitrogens is 2. The number of nitrogens with zero attached hydrogens (tertiary/aromatic N) is 2. The first-order valence-corrected chi connectivity index (χ1v) is 5.43. The molecule has 4 nitrogen and oxygen atoms in total. The highest BCUT2D eigenvalue weighted by Gasteiger charge is 2.44. The van der Waals surface area contributed by atoms with Gasteiger partial charge in [-0.1, -0.05) is 13.8 Å². The van der Waals surface area contributed by atoms with E-state index in [4.69, 9.17) is 5.73 Å². The summed E-state index contributed by atoms with van der Waals surface area (Å²) in [6, 6.07) is 0. The predicted molar refractivity (Wildman–Crippen MR) is 61.4 cm³/mol. The van der Waals surface area contributed by atoms with Crippen molar-refractivity contribution in [3.63, 3.8) is 0 Å². The van der Waals surface area contributed by atoms with Crippen molar-refractivity contribution in [2.24, 2.45) is 11.3 Å². The molecule has 0 aromatic carbocycles. The Morgan fingerprint density at radius 2 is 2.27 bits per heavy atom. The summed E-state index contributed by atoms with van der Waals surface area (Å²) < 4.78 is 0. The van der Waals surface area contributed by atoms with Crippen LogP contribution < -0.4 is 11.1 Å². The molecule has 1 aromatic rings. The molecular weight excluding hydrogens is 188 g/mol. The molecule has 0 aliphatic heterocycles. The van der Waals surface area contributed by atoms with Gasteiger partial charge in [0.25, 0.3) is 0 Å². The zero-order chi connectivity index (χ0) is 10.9. The minimum atomic E-state index is 0.470. The van der Waals surface area contributed by atoms with Gasteiger partial charge in [0.2, 0.25) is 0 Å². The highest BCUT2D eigenvalue weighted by molar-refractivity contribution is 5.59. The number of anilines is 2. The summed E-state index contributed by atoms with van der Waals surface area (Å²) in [5, 5.41) is 3.32. The molecule has 3 N–H and O–H groups in total. The molecule has 0 spiro atoms. The van der Waals surface area contributed by atoms with Crippen molar-refractivity contribution in [2.75, 3.05) is 17.6 Å². The van der Waals surface area contributed by atoms with Gasteiger partial charge < -0.3 is 11.1 Å². The largest absolute Gasteiger partial charge is 0.394 e. The molecule has 1 fully saturated rings. The average Bonchev–Trinajstić information content (AvgIpc) is 2.98. The van der Waals surface area contributed by atoms with Crippen LogP contribution in [0.5, 0.6) is 0 Å². The van der Waals surface area contributed by atoms with Crippen LogP contribution in [0, 0.1) is 11.3 Å². The summed E-state index contributed by atoms with van der Waals surface area (Å²) in [4.78, 5) is 7.99. The first-order chi connectivity index (χ1) is 7.14. The second kappa shape index (κ2) is 3.68. The van der Waals surface area contributed by atoms with E-state index < -0.39 is 0 Å². The first-order valence-electron chi connectivity index (χ1n) is 5.43.